The molecule has 1 N–H and O–H groups in total. The highest BCUT2D eigenvalue weighted by atomic mass is 32.1. The summed E-state index contributed by atoms with van der Waals surface area (Å²) < 4.78 is 10.1. The molecule has 6 nitrogen and oxygen atoms in total. The molecule has 26 heavy (non-hydrogen) atoms. The highest BCUT2D eigenvalue weighted by Crippen LogP contribution is 2.24. The van der Waals surface area contributed by atoms with Crippen LogP contribution in [0.2, 0.25) is 0 Å². The average Bonchev–Trinajstić information content (AvgIpc) is 3.33. The van der Waals surface area contributed by atoms with Gasteiger partial charge in [0.25, 0.3) is 5.91 Å². The van der Waals surface area contributed by atoms with Crippen molar-refractivity contribution in [3.8, 4) is 0 Å². The zero-order valence-electron chi connectivity index (χ0n) is 14.0. The molecule has 8 heteroatoms. The van der Waals surface area contributed by atoms with Crippen LogP contribution in [0.5, 0.6) is 0 Å². The summed E-state index contributed by atoms with van der Waals surface area (Å²) in [5.41, 5.74) is 0.581. The van der Waals surface area contributed by atoms with Crippen molar-refractivity contribution in [3.63, 3.8) is 0 Å². The van der Waals surface area contributed by atoms with E-state index in [0.29, 0.717) is 15.4 Å². The Labute approximate surface area is 157 Å². The Morgan fingerprint density at radius 2 is 1.96 bits per heavy atom. The summed E-state index contributed by atoms with van der Waals surface area (Å²) in [6.45, 7) is 3.46. The van der Waals surface area contributed by atoms with E-state index in [1.165, 1.54) is 29.7 Å². The molecule has 0 radical (unpaired) electrons. The normalized spacial score (nSPS) is 10.5. The molecule has 3 heterocycles. The molecular formula is C18H15NO5S2. The molecule has 3 rings (SSSR count). The second-order valence-corrected chi connectivity index (χ2v) is 7.97. The Balaban J connectivity index is 1.57. The first-order valence-corrected chi connectivity index (χ1v) is 9.29. The van der Waals surface area contributed by atoms with Crippen LogP contribution < -0.4 is 5.32 Å². The van der Waals surface area contributed by atoms with Crippen LogP contribution in [0.25, 0.3) is 0 Å². The number of furan rings is 1. The Kier molecular flexibility index (Phi) is 5.34. The van der Waals surface area contributed by atoms with Crippen LogP contribution in [0.3, 0.4) is 0 Å². The van der Waals surface area contributed by atoms with Crippen molar-refractivity contribution in [2.24, 2.45) is 0 Å². The predicted octanol–water partition coefficient (Wildman–Crippen LogP) is 4.31. The first kappa shape index (κ1) is 18.1. The smallest absolute Gasteiger partial charge is 0.348 e. The molecule has 0 bridgehead atoms. The van der Waals surface area contributed by atoms with Gasteiger partial charge in [-0.05, 0) is 44.2 Å². The van der Waals surface area contributed by atoms with Crippen molar-refractivity contribution in [1.82, 2.24) is 0 Å². The van der Waals surface area contributed by atoms with Crippen molar-refractivity contribution in [2.45, 2.75) is 13.8 Å². The summed E-state index contributed by atoms with van der Waals surface area (Å²) in [5.74, 6) is -1.07. The highest BCUT2D eigenvalue weighted by molar-refractivity contribution is 7.18. The maximum Gasteiger partial charge on any atom is 0.348 e. The molecule has 0 saturated heterocycles. The number of aryl methyl sites for hydroxylation is 2. The number of amides is 1. The molecular weight excluding hydrogens is 374 g/mol. The van der Waals surface area contributed by atoms with Gasteiger partial charge < -0.3 is 14.5 Å². The lowest BCUT2D eigenvalue weighted by molar-refractivity contribution is 0.0479. The van der Waals surface area contributed by atoms with Crippen LogP contribution in [0, 0.1) is 13.8 Å². The molecule has 0 saturated carbocycles. The van der Waals surface area contributed by atoms with Crippen LogP contribution in [-0.4, -0.2) is 24.3 Å². The molecule has 3 aromatic rings. The lowest BCUT2D eigenvalue weighted by Crippen LogP contribution is -2.13. The molecule has 0 aliphatic rings. The monoisotopic (exact) mass is 389 g/mol. The zero-order valence-corrected chi connectivity index (χ0v) is 15.7. The molecule has 0 aliphatic heterocycles. The van der Waals surface area contributed by atoms with Crippen LogP contribution in [0.4, 0.5) is 5.00 Å². The molecule has 0 unspecified atom stereocenters. The number of hydrogen-bond donors (Lipinski definition) is 1. The van der Waals surface area contributed by atoms with Gasteiger partial charge >= 0.3 is 5.97 Å². The maximum absolute atomic E-state index is 12.2. The Bertz CT molecular complexity index is 952. The number of thiophene rings is 2. The van der Waals surface area contributed by atoms with E-state index in [1.807, 2.05) is 13.8 Å². The minimum atomic E-state index is -0.605. The molecule has 0 spiro atoms. The van der Waals surface area contributed by atoms with E-state index in [0.717, 1.165) is 21.1 Å². The SMILES string of the molecule is Cc1cc(C(=O)COC(=O)c2ccc(NC(=O)c3ccco3)s2)c(C)s1. The van der Waals surface area contributed by atoms with E-state index in [9.17, 15) is 14.4 Å². The third-order valence-corrected chi connectivity index (χ3v) is 5.41. The lowest BCUT2D eigenvalue weighted by Gasteiger charge is -2.02. The summed E-state index contributed by atoms with van der Waals surface area (Å²) in [6.07, 6.45) is 1.40. The zero-order chi connectivity index (χ0) is 18.7. The van der Waals surface area contributed by atoms with Crippen LogP contribution in [-0.2, 0) is 4.74 Å². The van der Waals surface area contributed by atoms with Crippen molar-refractivity contribution < 1.29 is 23.5 Å². The van der Waals surface area contributed by atoms with Crippen molar-refractivity contribution in [1.29, 1.82) is 0 Å². The van der Waals surface area contributed by atoms with E-state index in [-0.39, 0.29) is 18.2 Å². The molecule has 0 aliphatic carbocycles. The Hall–Kier alpha value is -2.71. The van der Waals surface area contributed by atoms with Gasteiger partial charge in [0.05, 0.1) is 11.3 Å². The summed E-state index contributed by atoms with van der Waals surface area (Å²) in [7, 11) is 0. The van der Waals surface area contributed by atoms with Gasteiger partial charge in [0.15, 0.2) is 12.4 Å². The predicted molar refractivity (Wildman–Crippen MR) is 99.4 cm³/mol. The quantitative estimate of drug-likeness (QED) is 0.501. The minimum Gasteiger partial charge on any atom is -0.459 e. The standard InChI is InChI=1S/C18H15NO5S2/c1-10-8-12(11(2)25-10)13(20)9-24-18(22)15-5-6-16(26-15)19-17(21)14-4-3-7-23-14/h3-8H,9H2,1-2H3,(H,19,21). The van der Waals surface area contributed by atoms with Gasteiger partial charge in [0.1, 0.15) is 4.88 Å². The lowest BCUT2D eigenvalue weighted by atomic mass is 10.2. The number of nitrogens with one attached hydrogen (secondary N) is 1. The van der Waals surface area contributed by atoms with Crippen molar-refractivity contribution in [3.05, 3.63) is 62.6 Å². The first-order valence-electron chi connectivity index (χ1n) is 7.66. The summed E-state index contributed by atoms with van der Waals surface area (Å²) >= 11 is 2.59. The van der Waals surface area contributed by atoms with Gasteiger partial charge in [-0.15, -0.1) is 22.7 Å². The van der Waals surface area contributed by atoms with Gasteiger partial charge in [0, 0.05) is 15.3 Å². The number of carbonyl (C=O) groups is 3. The maximum atomic E-state index is 12.2. The van der Waals surface area contributed by atoms with Gasteiger partial charge in [-0.3, -0.25) is 9.59 Å². The summed E-state index contributed by atoms with van der Waals surface area (Å²) in [6, 6.07) is 8.08. The molecule has 1 amide bonds. The Morgan fingerprint density at radius 1 is 1.15 bits per heavy atom. The van der Waals surface area contributed by atoms with Crippen molar-refractivity contribution in [2.75, 3.05) is 11.9 Å². The van der Waals surface area contributed by atoms with Crippen LogP contribution >= 0.6 is 22.7 Å². The number of hydrogen-bond acceptors (Lipinski definition) is 7. The number of anilines is 1. The third-order valence-electron chi connectivity index (χ3n) is 3.46. The van der Waals surface area contributed by atoms with Crippen LogP contribution in [0.15, 0.2) is 41.0 Å². The largest absolute Gasteiger partial charge is 0.459 e. The molecule has 0 aromatic carbocycles. The molecule has 134 valence electrons. The van der Waals surface area contributed by atoms with E-state index >= 15 is 0 Å². The topological polar surface area (TPSA) is 85.6 Å². The fourth-order valence-electron chi connectivity index (χ4n) is 2.28. The van der Waals surface area contributed by atoms with E-state index in [4.69, 9.17) is 9.15 Å². The fourth-order valence-corrected chi connectivity index (χ4v) is 4.02. The van der Waals surface area contributed by atoms with Crippen molar-refractivity contribution >= 4 is 45.3 Å². The molecule has 0 atom stereocenters. The first-order chi connectivity index (χ1) is 12.4. The number of ketones is 1. The Morgan fingerprint density at radius 3 is 2.62 bits per heavy atom. The number of rotatable bonds is 6. The fraction of sp³-hybridized carbons (Fsp3) is 0.167. The number of carbonyl (C=O) groups excluding carboxylic acids is 3. The number of esters is 1. The molecule has 0 fully saturated rings. The van der Waals surface area contributed by atoms with Gasteiger partial charge in [-0.25, -0.2) is 4.79 Å². The second-order valence-electron chi connectivity index (χ2n) is 5.42. The molecule has 3 aromatic heterocycles. The van der Waals surface area contributed by atoms with Crippen LogP contribution in [0.1, 0.15) is 40.3 Å². The van der Waals surface area contributed by atoms with E-state index < -0.39 is 11.9 Å². The average molecular weight is 389 g/mol. The van der Waals surface area contributed by atoms with E-state index in [2.05, 4.69) is 5.32 Å². The van der Waals surface area contributed by atoms with E-state index in [1.54, 1.807) is 18.2 Å². The number of ether oxygens (including phenoxy) is 1. The summed E-state index contributed by atoms with van der Waals surface area (Å²) in [4.78, 5) is 38.4. The highest BCUT2D eigenvalue weighted by Gasteiger charge is 2.17. The number of Topliss-reactive ketones (excluding diaryl/α,β-unsaturated/α-hetero) is 1. The minimum absolute atomic E-state index is 0.176. The summed E-state index contributed by atoms with van der Waals surface area (Å²) in [5, 5.41) is 3.11. The van der Waals surface area contributed by atoms with Gasteiger partial charge in [-0.1, -0.05) is 0 Å². The van der Waals surface area contributed by atoms with Gasteiger partial charge in [0.2, 0.25) is 5.78 Å². The second kappa shape index (κ2) is 7.67. The third kappa shape index (κ3) is 4.09. The van der Waals surface area contributed by atoms with Gasteiger partial charge in [-0.2, -0.15) is 0 Å².